The van der Waals surface area contributed by atoms with Crippen molar-refractivity contribution < 1.29 is 5.11 Å². The molecule has 0 aliphatic carbocycles. The minimum absolute atomic E-state index is 0.206. The molecule has 0 aliphatic rings. The molecule has 0 aromatic rings. The quantitative estimate of drug-likeness (QED) is 0.644. The van der Waals surface area contributed by atoms with Gasteiger partial charge < -0.3 is 10.4 Å². The maximum Gasteiger partial charge on any atom is 0.0446 e. The van der Waals surface area contributed by atoms with E-state index >= 15 is 0 Å². The summed E-state index contributed by atoms with van der Waals surface area (Å²) in [6.45, 7) is 13.7. The normalized spacial score (nSPS) is 14.1. The maximum atomic E-state index is 8.95. The highest BCUT2D eigenvalue weighted by Gasteiger charge is 2.22. The van der Waals surface area contributed by atoms with Crippen LogP contribution in [0.3, 0.4) is 0 Å². The summed E-state index contributed by atoms with van der Waals surface area (Å²) >= 11 is 0. The highest BCUT2D eigenvalue weighted by molar-refractivity contribution is 4.89. The van der Waals surface area contributed by atoms with E-state index in [1.54, 1.807) is 0 Å². The van der Waals surface area contributed by atoms with E-state index in [2.05, 4.69) is 32.7 Å². The largest absolute Gasteiger partial charge is 0.396 e. The average molecular weight is 199 g/mol. The van der Waals surface area contributed by atoms with Crippen LogP contribution in [-0.2, 0) is 0 Å². The van der Waals surface area contributed by atoms with Gasteiger partial charge in [-0.2, -0.15) is 0 Å². The van der Waals surface area contributed by atoms with Crippen LogP contribution in [-0.4, -0.2) is 24.3 Å². The molecule has 1 unspecified atom stereocenters. The molecule has 84 valence electrons. The summed E-state index contributed by atoms with van der Waals surface area (Å²) in [5.41, 5.74) is 1.41. The molecule has 0 aromatic carbocycles. The Kier molecular flexibility index (Phi) is 6.05. The topological polar surface area (TPSA) is 32.3 Å². The first-order valence-corrected chi connectivity index (χ1v) is 5.36. The Balaban J connectivity index is 3.92. The molecule has 0 saturated carbocycles. The van der Waals surface area contributed by atoms with E-state index < -0.39 is 0 Å². The Labute approximate surface area is 88.4 Å². The number of aliphatic hydroxyl groups is 1. The van der Waals surface area contributed by atoms with Gasteiger partial charge in [-0.15, -0.1) is 6.58 Å². The Hall–Kier alpha value is -0.340. The lowest BCUT2D eigenvalue weighted by Gasteiger charge is -2.31. The molecule has 0 fully saturated rings. The third-order valence-corrected chi connectivity index (χ3v) is 2.41. The molecule has 0 rings (SSSR count). The lowest BCUT2D eigenvalue weighted by Crippen LogP contribution is -2.41. The summed E-state index contributed by atoms with van der Waals surface area (Å²) in [6.07, 6.45) is 1.83. The molecular formula is C12H25NO. The van der Waals surface area contributed by atoms with Crippen molar-refractivity contribution in [2.75, 3.05) is 13.2 Å². The van der Waals surface area contributed by atoms with E-state index in [1.807, 2.05) is 6.92 Å². The van der Waals surface area contributed by atoms with Gasteiger partial charge in [-0.05, 0) is 31.7 Å². The van der Waals surface area contributed by atoms with E-state index in [0.717, 1.165) is 19.4 Å². The number of aliphatic hydroxyl groups excluding tert-OH is 1. The molecule has 0 radical (unpaired) electrons. The van der Waals surface area contributed by atoms with Crippen LogP contribution in [0.25, 0.3) is 0 Å². The minimum atomic E-state index is 0.206. The summed E-state index contributed by atoms with van der Waals surface area (Å²) in [4.78, 5) is 0. The zero-order valence-corrected chi connectivity index (χ0v) is 10.1. The first-order valence-electron chi connectivity index (χ1n) is 5.36. The van der Waals surface area contributed by atoms with Gasteiger partial charge in [0.25, 0.3) is 0 Å². The summed E-state index contributed by atoms with van der Waals surface area (Å²) in [6, 6.07) is 0.381. The molecule has 0 aromatic heterocycles. The summed E-state index contributed by atoms with van der Waals surface area (Å²) in [5, 5.41) is 12.4. The monoisotopic (exact) mass is 199 g/mol. The number of hydrogen-bond acceptors (Lipinski definition) is 2. The van der Waals surface area contributed by atoms with Crippen molar-refractivity contribution >= 4 is 0 Å². The standard InChI is InChI=1S/C12H25NO/c1-10(2)6-8-13-11(7-9-14)12(3,4)5/h11,13-14H,1,6-9H2,2-5H3. The van der Waals surface area contributed by atoms with Crippen LogP contribution < -0.4 is 5.32 Å². The molecule has 0 amide bonds. The Morgan fingerprint density at radius 3 is 2.36 bits per heavy atom. The van der Waals surface area contributed by atoms with Gasteiger partial charge in [-0.3, -0.25) is 0 Å². The second-order valence-corrected chi connectivity index (χ2v) is 5.09. The summed E-state index contributed by atoms with van der Waals surface area (Å²) in [7, 11) is 0. The molecule has 1 atom stereocenters. The van der Waals surface area contributed by atoms with Crippen molar-refractivity contribution in [1.29, 1.82) is 0 Å². The third-order valence-electron chi connectivity index (χ3n) is 2.41. The Bertz CT molecular complexity index is 170. The first-order chi connectivity index (χ1) is 6.38. The van der Waals surface area contributed by atoms with Crippen molar-refractivity contribution in [2.24, 2.45) is 5.41 Å². The van der Waals surface area contributed by atoms with Crippen LogP contribution in [0.15, 0.2) is 12.2 Å². The predicted molar refractivity (Wildman–Crippen MR) is 62.4 cm³/mol. The van der Waals surface area contributed by atoms with Gasteiger partial charge in [0.15, 0.2) is 0 Å². The Morgan fingerprint density at radius 1 is 1.43 bits per heavy atom. The van der Waals surface area contributed by atoms with Crippen LogP contribution in [0.5, 0.6) is 0 Å². The molecule has 0 saturated heterocycles. The van der Waals surface area contributed by atoms with Gasteiger partial charge >= 0.3 is 0 Å². The second-order valence-electron chi connectivity index (χ2n) is 5.09. The van der Waals surface area contributed by atoms with E-state index in [9.17, 15) is 0 Å². The fourth-order valence-corrected chi connectivity index (χ4v) is 1.43. The van der Waals surface area contributed by atoms with Crippen molar-refractivity contribution in [3.8, 4) is 0 Å². The molecule has 0 heterocycles. The van der Waals surface area contributed by atoms with Crippen LogP contribution in [0.4, 0.5) is 0 Å². The summed E-state index contributed by atoms with van der Waals surface area (Å²) in [5.74, 6) is 0. The fourth-order valence-electron chi connectivity index (χ4n) is 1.43. The van der Waals surface area contributed by atoms with Gasteiger partial charge in [0.2, 0.25) is 0 Å². The lowest BCUT2D eigenvalue weighted by atomic mass is 9.85. The van der Waals surface area contributed by atoms with Gasteiger partial charge in [0.05, 0.1) is 0 Å². The van der Waals surface area contributed by atoms with Crippen molar-refractivity contribution in [1.82, 2.24) is 5.32 Å². The van der Waals surface area contributed by atoms with Crippen LogP contribution in [0.1, 0.15) is 40.5 Å². The van der Waals surface area contributed by atoms with Crippen LogP contribution in [0, 0.1) is 5.41 Å². The minimum Gasteiger partial charge on any atom is -0.396 e. The zero-order chi connectivity index (χ0) is 11.2. The predicted octanol–water partition coefficient (Wildman–Crippen LogP) is 2.34. The van der Waals surface area contributed by atoms with Gasteiger partial charge in [0.1, 0.15) is 0 Å². The van der Waals surface area contributed by atoms with Gasteiger partial charge in [-0.1, -0.05) is 26.3 Å². The molecule has 2 nitrogen and oxygen atoms in total. The van der Waals surface area contributed by atoms with Crippen LogP contribution >= 0.6 is 0 Å². The Morgan fingerprint density at radius 2 is 2.00 bits per heavy atom. The highest BCUT2D eigenvalue weighted by atomic mass is 16.3. The van der Waals surface area contributed by atoms with Crippen molar-refractivity contribution in [2.45, 2.75) is 46.6 Å². The molecule has 0 spiro atoms. The molecule has 2 N–H and O–H groups in total. The third kappa shape index (κ3) is 6.17. The number of rotatable bonds is 6. The summed E-state index contributed by atoms with van der Waals surface area (Å²) < 4.78 is 0. The van der Waals surface area contributed by atoms with E-state index in [-0.39, 0.29) is 12.0 Å². The number of hydrogen-bond donors (Lipinski definition) is 2. The molecule has 2 heteroatoms. The van der Waals surface area contributed by atoms with E-state index in [0.29, 0.717) is 6.04 Å². The van der Waals surface area contributed by atoms with Crippen LogP contribution in [0.2, 0.25) is 0 Å². The fraction of sp³-hybridized carbons (Fsp3) is 0.833. The SMILES string of the molecule is C=C(C)CCNC(CCO)C(C)(C)C. The smallest absolute Gasteiger partial charge is 0.0446 e. The van der Waals surface area contributed by atoms with E-state index in [4.69, 9.17) is 5.11 Å². The van der Waals surface area contributed by atoms with Crippen molar-refractivity contribution in [3.05, 3.63) is 12.2 Å². The van der Waals surface area contributed by atoms with Crippen molar-refractivity contribution in [3.63, 3.8) is 0 Å². The van der Waals surface area contributed by atoms with E-state index in [1.165, 1.54) is 5.57 Å². The average Bonchev–Trinajstić information content (AvgIpc) is 2.00. The van der Waals surface area contributed by atoms with Gasteiger partial charge in [-0.25, -0.2) is 0 Å². The molecule has 0 aliphatic heterocycles. The molecular weight excluding hydrogens is 174 g/mol. The first kappa shape index (κ1) is 13.7. The second kappa shape index (κ2) is 6.20. The molecule has 0 bridgehead atoms. The molecule has 14 heavy (non-hydrogen) atoms. The maximum absolute atomic E-state index is 8.95. The number of nitrogens with one attached hydrogen (secondary N) is 1. The lowest BCUT2D eigenvalue weighted by molar-refractivity contribution is 0.198. The van der Waals surface area contributed by atoms with Gasteiger partial charge in [0, 0.05) is 12.6 Å². The highest BCUT2D eigenvalue weighted by Crippen LogP contribution is 2.21. The zero-order valence-electron chi connectivity index (χ0n) is 10.1.